The Bertz CT molecular complexity index is 793. The minimum absolute atomic E-state index is 0.106. The Morgan fingerprint density at radius 2 is 1.87 bits per heavy atom. The Hall–Kier alpha value is -1.40. The standard InChI is InChI=1S/C17H19ClN2O2S/c1-12-7-8-15(18)17(9-12)23(21,22)20-16-11-19-10-14(16)13-5-3-2-4-6-13/h2-9,14,16,19-20H,10-11H2,1H3/t14-,16+/m0/s1. The van der Waals surface area contributed by atoms with Gasteiger partial charge in [-0.25, -0.2) is 13.1 Å². The van der Waals surface area contributed by atoms with Crippen molar-refractivity contribution in [2.45, 2.75) is 23.8 Å². The highest BCUT2D eigenvalue weighted by Crippen LogP contribution is 2.27. The van der Waals surface area contributed by atoms with Gasteiger partial charge in [0.05, 0.1) is 5.02 Å². The van der Waals surface area contributed by atoms with Gasteiger partial charge in [-0.2, -0.15) is 0 Å². The molecular weight excluding hydrogens is 332 g/mol. The number of halogens is 1. The first-order valence-corrected chi connectivity index (χ1v) is 9.37. The lowest BCUT2D eigenvalue weighted by Gasteiger charge is -2.21. The van der Waals surface area contributed by atoms with Crippen molar-refractivity contribution in [3.05, 3.63) is 64.7 Å². The predicted molar refractivity (Wildman–Crippen MR) is 92.4 cm³/mol. The van der Waals surface area contributed by atoms with E-state index < -0.39 is 10.0 Å². The summed E-state index contributed by atoms with van der Waals surface area (Å²) in [6, 6.07) is 14.8. The molecule has 2 atom stereocenters. The van der Waals surface area contributed by atoms with Gasteiger partial charge in [0, 0.05) is 25.0 Å². The molecule has 2 aromatic carbocycles. The molecule has 2 aromatic rings. The van der Waals surface area contributed by atoms with Crippen molar-refractivity contribution in [3.8, 4) is 0 Å². The van der Waals surface area contributed by atoms with Gasteiger partial charge >= 0.3 is 0 Å². The van der Waals surface area contributed by atoms with Gasteiger partial charge in [-0.1, -0.05) is 48.0 Å². The van der Waals surface area contributed by atoms with Crippen LogP contribution in [0.15, 0.2) is 53.4 Å². The van der Waals surface area contributed by atoms with E-state index in [2.05, 4.69) is 10.0 Å². The van der Waals surface area contributed by atoms with Crippen LogP contribution < -0.4 is 10.0 Å². The summed E-state index contributed by atoms with van der Waals surface area (Å²) in [6.45, 7) is 3.19. The quantitative estimate of drug-likeness (QED) is 0.891. The monoisotopic (exact) mass is 350 g/mol. The van der Waals surface area contributed by atoms with Gasteiger partial charge in [0.25, 0.3) is 0 Å². The highest BCUT2D eigenvalue weighted by molar-refractivity contribution is 7.89. The zero-order valence-corrected chi connectivity index (χ0v) is 14.4. The van der Waals surface area contributed by atoms with Gasteiger partial charge in [-0.05, 0) is 30.2 Å². The van der Waals surface area contributed by atoms with E-state index in [0.717, 1.165) is 17.7 Å². The van der Waals surface area contributed by atoms with E-state index in [-0.39, 0.29) is 21.9 Å². The molecule has 3 rings (SSSR count). The van der Waals surface area contributed by atoms with Crippen molar-refractivity contribution in [1.29, 1.82) is 0 Å². The summed E-state index contributed by atoms with van der Waals surface area (Å²) in [7, 11) is -3.66. The summed E-state index contributed by atoms with van der Waals surface area (Å²) >= 11 is 6.08. The van der Waals surface area contributed by atoms with Crippen LogP contribution in [0.3, 0.4) is 0 Å². The van der Waals surface area contributed by atoms with Gasteiger partial charge in [-0.15, -0.1) is 0 Å². The van der Waals surface area contributed by atoms with Crippen LogP contribution in [0.5, 0.6) is 0 Å². The molecular formula is C17H19ClN2O2S. The van der Waals surface area contributed by atoms with Crippen molar-refractivity contribution in [1.82, 2.24) is 10.0 Å². The van der Waals surface area contributed by atoms with Gasteiger partial charge in [0.15, 0.2) is 0 Å². The third-order valence-corrected chi connectivity index (χ3v) is 6.10. The molecule has 1 heterocycles. The zero-order valence-electron chi connectivity index (χ0n) is 12.8. The SMILES string of the molecule is Cc1ccc(Cl)c(S(=O)(=O)N[C@@H]2CNC[C@H]2c2ccccc2)c1. The van der Waals surface area contributed by atoms with Crippen LogP contribution in [0.1, 0.15) is 17.0 Å². The second-order valence-electron chi connectivity index (χ2n) is 5.84. The smallest absolute Gasteiger partial charge is 0.242 e. The Balaban J connectivity index is 1.86. The van der Waals surface area contributed by atoms with Crippen molar-refractivity contribution in [2.75, 3.05) is 13.1 Å². The first kappa shape index (κ1) is 16.5. The average molecular weight is 351 g/mol. The van der Waals surface area contributed by atoms with Crippen LogP contribution in [-0.2, 0) is 10.0 Å². The van der Waals surface area contributed by atoms with E-state index in [1.807, 2.05) is 37.3 Å². The summed E-state index contributed by atoms with van der Waals surface area (Å²) in [4.78, 5) is 0.137. The van der Waals surface area contributed by atoms with Crippen molar-refractivity contribution >= 4 is 21.6 Å². The Morgan fingerprint density at radius 3 is 2.61 bits per heavy atom. The molecule has 0 saturated carbocycles. The molecule has 0 amide bonds. The van der Waals surface area contributed by atoms with Crippen molar-refractivity contribution in [2.24, 2.45) is 0 Å². The topological polar surface area (TPSA) is 58.2 Å². The predicted octanol–water partition coefficient (Wildman–Crippen LogP) is 2.68. The Morgan fingerprint density at radius 1 is 1.13 bits per heavy atom. The van der Waals surface area contributed by atoms with Crippen molar-refractivity contribution < 1.29 is 8.42 Å². The molecule has 1 saturated heterocycles. The van der Waals surface area contributed by atoms with Crippen LogP contribution in [-0.4, -0.2) is 27.5 Å². The number of sulfonamides is 1. The Kier molecular flexibility index (Phi) is 4.73. The lowest BCUT2D eigenvalue weighted by atomic mass is 9.95. The van der Waals surface area contributed by atoms with E-state index in [9.17, 15) is 8.42 Å². The van der Waals surface area contributed by atoms with Gasteiger partial charge in [-0.3, -0.25) is 0 Å². The molecule has 6 heteroatoms. The summed E-state index contributed by atoms with van der Waals surface area (Å²) < 4.78 is 28.2. The third-order valence-electron chi connectivity index (χ3n) is 4.12. The molecule has 4 nitrogen and oxygen atoms in total. The molecule has 2 N–H and O–H groups in total. The molecule has 1 aliphatic rings. The number of nitrogens with one attached hydrogen (secondary N) is 2. The van der Waals surface area contributed by atoms with E-state index in [1.165, 1.54) is 0 Å². The largest absolute Gasteiger partial charge is 0.314 e. The minimum atomic E-state index is -3.66. The number of rotatable bonds is 4. The number of hydrogen-bond donors (Lipinski definition) is 2. The molecule has 23 heavy (non-hydrogen) atoms. The molecule has 0 aromatic heterocycles. The van der Waals surface area contributed by atoms with Gasteiger partial charge in [0.2, 0.25) is 10.0 Å². The van der Waals surface area contributed by atoms with E-state index in [1.54, 1.807) is 18.2 Å². The fourth-order valence-corrected chi connectivity index (χ4v) is 4.79. The minimum Gasteiger partial charge on any atom is -0.314 e. The fourth-order valence-electron chi connectivity index (χ4n) is 2.93. The van der Waals surface area contributed by atoms with Crippen LogP contribution in [0.2, 0.25) is 5.02 Å². The van der Waals surface area contributed by atoms with Crippen molar-refractivity contribution in [3.63, 3.8) is 0 Å². The van der Waals surface area contributed by atoms with E-state index in [0.29, 0.717) is 6.54 Å². The van der Waals surface area contributed by atoms with Crippen LogP contribution in [0.4, 0.5) is 0 Å². The van der Waals surface area contributed by atoms with Gasteiger partial charge < -0.3 is 5.32 Å². The maximum absolute atomic E-state index is 12.7. The maximum atomic E-state index is 12.7. The zero-order chi connectivity index (χ0) is 16.4. The second kappa shape index (κ2) is 6.61. The molecule has 122 valence electrons. The van der Waals surface area contributed by atoms with Crippen LogP contribution >= 0.6 is 11.6 Å². The summed E-state index contributed by atoms with van der Waals surface area (Å²) in [5.41, 5.74) is 1.99. The summed E-state index contributed by atoms with van der Waals surface area (Å²) in [5.74, 6) is 0.106. The molecule has 0 unspecified atom stereocenters. The highest BCUT2D eigenvalue weighted by atomic mass is 35.5. The molecule has 1 aliphatic heterocycles. The lowest BCUT2D eigenvalue weighted by molar-refractivity contribution is 0.541. The van der Waals surface area contributed by atoms with Gasteiger partial charge in [0.1, 0.15) is 4.90 Å². The Labute approximate surface area is 141 Å². The lowest BCUT2D eigenvalue weighted by Crippen LogP contribution is -2.39. The molecule has 0 spiro atoms. The van der Waals surface area contributed by atoms with Crippen LogP contribution in [0, 0.1) is 6.92 Å². The van der Waals surface area contributed by atoms with E-state index >= 15 is 0 Å². The average Bonchev–Trinajstić information content (AvgIpc) is 2.98. The number of benzene rings is 2. The first-order valence-electron chi connectivity index (χ1n) is 7.51. The second-order valence-corrected chi connectivity index (χ2v) is 7.93. The first-order chi connectivity index (χ1) is 11.0. The molecule has 0 bridgehead atoms. The molecule has 1 fully saturated rings. The normalized spacial score (nSPS) is 21.5. The summed E-state index contributed by atoms with van der Waals surface area (Å²) in [5, 5.41) is 3.50. The van der Waals surface area contributed by atoms with E-state index in [4.69, 9.17) is 11.6 Å². The molecule has 0 radical (unpaired) electrons. The number of hydrogen-bond acceptors (Lipinski definition) is 3. The summed E-state index contributed by atoms with van der Waals surface area (Å²) in [6.07, 6.45) is 0. The fraction of sp³-hybridized carbons (Fsp3) is 0.294. The third kappa shape index (κ3) is 3.58. The highest BCUT2D eigenvalue weighted by Gasteiger charge is 2.32. The maximum Gasteiger partial charge on any atom is 0.242 e. The van der Waals surface area contributed by atoms with Crippen LogP contribution in [0.25, 0.3) is 0 Å². The number of aryl methyl sites for hydroxylation is 1. The molecule has 0 aliphatic carbocycles.